The molecule has 0 spiro atoms. The van der Waals surface area contributed by atoms with Crippen molar-refractivity contribution in [2.45, 2.75) is 32.3 Å². The van der Waals surface area contributed by atoms with Gasteiger partial charge in [-0.15, -0.1) is 0 Å². The molecule has 0 aromatic heterocycles. The molecule has 1 aromatic carbocycles. The minimum Gasteiger partial charge on any atom is -0.373 e. The van der Waals surface area contributed by atoms with Gasteiger partial charge in [0.25, 0.3) is 0 Å². The fourth-order valence-electron chi connectivity index (χ4n) is 4.84. The second kappa shape index (κ2) is 11.0. The van der Waals surface area contributed by atoms with Crippen LogP contribution in [-0.2, 0) is 9.53 Å². The summed E-state index contributed by atoms with van der Waals surface area (Å²) in [6.07, 6.45) is 3.49. The maximum absolute atomic E-state index is 12.5. The van der Waals surface area contributed by atoms with Gasteiger partial charge in [0.05, 0.1) is 12.6 Å². The lowest BCUT2D eigenvalue weighted by Crippen LogP contribution is -2.54. The van der Waals surface area contributed by atoms with Crippen molar-refractivity contribution in [3.63, 3.8) is 0 Å². The summed E-state index contributed by atoms with van der Waals surface area (Å²) in [7, 11) is 0. The minimum atomic E-state index is 0.140. The maximum Gasteiger partial charge on any atom is 0.236 e. The van der Waals surface area contributed by atoms with Crippen molar-refractivity contribution in [2.24, 2.45) is 10.9 Å². The number of carbonyl (C=O) groups excluding carboxylic acids is 1. The molecule has 0 aliphatic carbocycles. The predicted molar refractivity (Wildman–Crippen MR) is 123 cm³/mol. The van der Waals surface area contributed by atoms with E-state index in [1.54, 1.807) is 0 Å². The quantitative estimate of drug-likeness (QED) is 0.556. The molecule has 2 atom stereocenters. The third-order valence-corrected chi connectivity index (χ3v) is 6.64. The number of rotatable bonds is 6. The van der Waals surface area contributed by atoms with Gasteiger partial charge in [-0.05, 0) is 31.7 Å². The fourth-order valence-corrected chi connectivity index (χ4v) is 4.84. The molecule has 4 rings (SSSR count). The van der Waals surface area contributed by atoms with Crippen LogP contribution < -0.4 is 5.32 Å². The molecule has 7 heteroatoms. The normalized spacial score (nSPS) is 25.3. The zero-order chi connectivity index (χ0) is 21.5. The molecule has 0 bridgehead atoms. The first-order valence-electron chi connectivity index (χ1n) is 11.9. The van der Waals surface area contributed by atoms with E-state index in [0.29, 0.717) is 18.4 Å². The van der Waals surface area contributed by atoms with Gasteiger partial charge in [-0.2, -0.15) is 0 Å². The van der Waals surface area contributed by atoms with E-state index in [0.717, 1.165) is 84.2 Å². The van der Waals surface area contributed by atoms with Gasteiger partial charge in [-0.3, -0.25) is 14.7 Å². The summed E-state index contributed by atoms with van der Waals surface area (Å²) >= 11 is 0. The number of amides is 1. The van der Waals surface area contributed by atoms with Crippen LogP contribution in [0.15, 0.2) is 35.3 Å². The first-order valence-corrected chi connectivity index (χ1v) is 11.9. The van der Waals surface area contributed by atoms with E-state index in [1.165, 1.54) is 5.56 Å². The van der Waals surface area contributed by atoms with Gasteiger partial charge in [-0.25, -0.2) is 0 Å². The first-order chi connectivity index (χ1) is 15.2. The third-order valence-electron chi connectivity index (χ3n) is 6.64. The highest BCUT2D eigenvalue weighted by Crippen LogP contribution is 2.34. The van der Waals surface area contributed by atoms with Crippen molar-refractivity contribution in [3.8, 4) is 0 Å². The molecule has 0 radical (unpaired) electrons. The van der Waals surface area contributed by atoms with Crippen LogP contribution in [0.2, 0.25) is 0 Å². The molecule has 3 aliphatic heterocycles. The standard InChI is InChI=1S/C24H37N5O2/c1-2-25-24(26-18-21-10-17-31-23(21)20-8-4-3-5-9-20)29-15-13-27(14-16-29)19-22(30)28-11-6-7-12-28/h3-5,8-9,21,23H,2,6-7,10-19H2,1H3,(H,25,26). The van der Waals surface area contributed by atoms with E-state index in [4.69, 9.17) is 9.73 Å². The van der Waals surface area contributed by atoms with Crippen LogP contribution in [0.1, 0.15) is 37.9 Å². The maximum atomic E-state index is 12.5. The molecule has 0 saturated carbocycles. The monoisotopic (exact) mass is 427 g/mol. The van der Waals surface area contributed by atoms with Gasteiger partial charge in [-0.1, -0.05) is 30.3 Å². The Bertz CT molecular complexity index is 727. The van der Waals surface area contributed by atoms with E-state index in [-0.39, 0.29) is 6.10 Å². The number of nitrogens with one attached hydrogen (secondary N) is 1. The van der Waals surface area contributed by atoms with Crippen LogP contribution in [0.3, 0.4) is 0 Å². The number of benzene rings is 1. The molecule has 3 saturated heterocycles. The van der Waals surface area contributed by atoms with Gasteiger partial charge in [0.1, 0.15) is 0 Å². The molecule has 1 N–H and O–H groups in total. The van der Waals surface area contributed by atoms with Gasteiger partial charge in [0.15, 0.2) is 5.96 Å². The van der Waals surface area contributed by atoms with Crippen LogP contribution in [0.5, 0.6) is 0 Å². The number of hydrogen-bond donors (Lipinski definition) is 1. The Morgan fingerprint density at radius 3 is 2.52 bits per heavy atom. The van der Waals surface area contributed by atoms with E-state index in [1.807, 2.05) is 11.0 Å². The summed E-state index contributed by atoms with van der Waals surface area (Å²) in [6, 6.07) is 10.5. The lowest BCUT2D eigenvalue weighted by Gasteiger charge is -2.36. The van der Waals surface area contributed by atoms with Crippen molar-refractivity contribution in [3.05, 3.63) is 35.9 Å². The molecular formula is C24H37N5O2. The molecular weight excluding hydrogens is 390 g/mol. The summed E-state index contributed by atoms with van der Waals surface area (Å²) in [5, 5.41) is 3.47. The number of aliphatic imine (C=N–C) groups is 1. The number of guanidine groups is 1. The van der Waals surface area contributed by atoms with E-state index < -0.39 is 0 Å². The Kier molecular flexibility index (Phi) is 7.81. The Hall–Kier alpha value is -2.12. The van der Waals surface area contributed by atoms with Gasteiger partial charge >= 0.3 is 0 Å². The second-order valence-corrected chi connectivity index (χ2v) is 8.80. The van der Waals surface area contributed by atoms with Gasteiger partial charge < -0.3 is 19.9 Å². The lowest BCUT2D eigenvalue weighted by molar-refractivity contribution is -0.131. The average molecular weight is 428 g/mol. The fraction of sp³-hybridized carbons (Fsp3) is 0.667. The smallest absolute Gasteiger partial charge is 0.236 e. The highest BCUT2D eigenvalue weighted by molar-refractivity contribution is 5.80. The van der Waals surface area contributed by atoms with Crippen LogP contribution >= 0.6 is 0 Å². The lowest BCUT2D eigenvalue weighted by atomic mass is 9.95. The molecule has 3 aliphatic rings. The summed E-state index contributed by atoms with van der Waals surface area (Å²) in [6.45, 7) is 10.6. The molecule has 1 aromatic rings. The molecule has 7 nitrogen and oxygen atoms in total. The van der Waals surface area contributed by atoms with Crippen LogP contribution in [0, 0.1) is 5.92 Å². The molecule has 3 heterocycles. The molecule has 170 valence electrons. The SMILES string of the molecule is CCNC(=NCC1CCOC1c1ccccc1)N1CCN(CC(=O)N2CCCC2)CC1. The van der Waals surface area contributed by atoms with Crippen molar-refractivity contribution in [1.82, 2.24) is 20.0 Å². The van der Waals surface area contributed by atoms with Gasteiger partial charge in [0, 0.05) is 64.9 Å². The van der Waals surface area contributed by atoms with Crippen LogP contribution in [-0.4, -0.2) is 92.1 Å². The topological polar surface area (TPSA) is 60.4 Å². The Labute approximate surface area is 186 Å². The van der Waals surface area contributed by atoms with Crippen LogP contribution in [0.25, 0.3) is 0 Å². The molecule has 31 heavy (non-hydrogen) atoms. The number of nitrogens with zero attached hydrogens (tertiary/aromatic N) is 4. The zero-order valence-corrected chi connectivity index (χ0v) is 18.8. The molecule has 2 unspecified atom stereocenters. The Balaban J connectivity index is 1.30. The molecule has 3 fully saturated rings. The third kappa shape index (κ3) is 5.77. The number of ether oxygens (including phenoxy) is 1. The van der Waals surface area contributed by atoms with Crippen molar-refractivity contribution in [2.75, 3.05) is 65.5 Å². The van der Waals surface area contributed by atoms with Gasteiger partial charge in [0.2, 0.25) is 5.91 Å². The summed E-state index contributed by atoms with van der Waals surface area (Å²) in [4.78, 5) is 24.1. The number of likely N-dealkylation sites (tertiary alicyclic amines) is 1. The van der Waals surface area contributed by atoms with Crippen molar-refractivity contribution < 1.29 is 9.53 Å². The molecule has 1 amide bonds. The largest absolute Gasteiger partial charge is 0.373 e. The van der Waals surface area contributed by atoms with E-state index >= 15 is 0 Å². The highest BCUT2D eigenvalue weighted by atomic mass is 16.5. The predicted octanol–water partition coefficient (Wildman–Crippen LogP) is 1.97. The Morgan fingerprint density at radius 2 is 1.81 bits per heavy atom. The van der Waals surface area contributed by atoms with E-state index in [9.17, 15) is 4.79 Å². The zero-order valence-electron chi connectivity index (χ0n) is 18.8. The Morgan fingerprint density at radius 1 is 1.06 bits per heavy atom. The highest BCUT2D eigenvalue weighted by Gasteiger charge is 2.30. The minimum absolute atomic E-state index is 0.140. The number of hydrogen-bond acceptors (Lipinski definition) is 4. The number of piperazine rings is 1. The average Bonchev–Trinajstić information content (AvgIpc) is 3.50. The summed E-state index contributed by atoms with van der Waals surface area (Å²) in [5.74, 6) is 1.70. The summed E-state index contributed by atoms with van der Waals surface area (Å²) in [5.41, 5.74) is 1.25. The first kappa shape index (κ1) is 22.1. The number of carbonyl (C=O) groups is 1. The van der Waals surface area contributed by atoms with Crippen molar-refractivity contribution >= 4 is 11.9 Å². The summed E-state index contributed by atoms with van der Waals surface area (Å²) < 4.78 is 6.04. The van der Waals surface area contributed by atoms with Crippen LogP contribution in [0.4, 0.5) is 0 Å². The van der Waals surface area contributed by atoms with Crippen molar-refractivity contribution in [1.29, 1.82) is 0 Å². The second-order valence-electron chi connectivity index (χ2n) is 8.80. The van der Waals surface area contributed by atoms with E-state index in [2.05, 4.69) is 46.3 Å².